The highest BCUT2D eigenvalue weighted by Crippen LogP contribution is 2.24. The molecule has 2 heterocycles. The Morgan fingerprint density at radius 2 is 2.32 bits per heavy atom. The van der Waals surface area contributed by atoms with Crippen molar-refractivity contribution >= 4 is 11.9 Å². The highest BCUT2D eigenvalue weighted by Gasteiger charge is 2.27. The topological polar surface area (TPSA) is 83.6 Å². The van der Waals surface area contributed by atoms with E-state index in [1.54, 1.807) is 11.0 Å². The molecule has 0 aromatic carbocycles. The van der Waals surface area contributed by atoms with Crippen LogP contribution in [0.25, 0.3) is 0 Å². The van der Waals surface area contributed by atoms with Crippen molar-refractivity contribution in [3.05, 3.63) is 17.5 Å². The summed E-state index contributed by atoms with van der Waals surface area (Å²) in [6, 6.07) is 1.73. The van der Waals surface area contributed by atoms with Gasteiger partial charge in [0.05, 0.1) is 5.69 Å². The number of carboxylic acid groups (broad SMARTS) is 1. The lowest BCUT2D eigenvalue weighted by Gasteiger charge is -2.31. The van der Waals surface area contributed by atoms with Gasteiger partial charge < -0.3 is 14.5 Å². The van der Waals surface area contributed by atoms with Crippen LogP contribution in [0, 0.1) is 5.92 Å². The molecule has 1 saturated heterocycles. The lowest BCUT2D eigenvalue weighted by atomic mass is 9.93. The number of carbonyl (C=O) groups is 2. The normalized spacial score (nSPS) is 19.9. The van der Waals surface area contributed by atoms with E-state index >= 15 is 0 Å². The van der Waals surface area contributed by atoms with Crippen LogP contribution in [0.3, 0.4) is 0 Å². The Labute approximate surface area is 130 Å². The molecule has 122 valence electrons. The van der Waals surface area contributed by atoms with Gasteiger partial charge in [0.1, 0.15) is 0 Å². The average molecular weight is 308 g/mol. The minimum Gasteiger partial charge on any atom is -0.481 e. The Hall–Kier alpha value is -1.85. The molecule has 6 nitrogen and oxygen atoms in total. The van der Waals surface area contributed by atoms with Gasteiger partial charge in [-0.1, -0.05) is 19.0 Å². The molecular weight excluding hydrogens is 284 g/mol. The smallest absolute Gasteiger partial charge is 0.303 e. The second-order valence-electron chi connectivity index (χ2n) is 6.12. The predicted octanol–water partition coefficient (Wildman–Crippen LogP) is 2.91. The quantitative estimate of drug-likeness (QED) is 0.873. The van der Waals surface area contributed by atoms with Crippen molar-refractivity contribution in [1.29, 1.82) is 0 Å². The van der Waals surface area contributed by atoms with Gasteiger partial charge in [0.25, 0.3) is 5.91 Å². The predicted molar refractivity (Wildman–Crippen MR) is 80.7 cm³/mol. The molecule has 2 rings (SSSR count). The maximum absolute atomic E-state index is 12.5. The molecule has 1 aromatic rings. The first-order valence-electron chi connectivity index (χ1n) is 7.99. The Morgan fingerprint density at radius 1 is 1.55 bits per heavy atom. The van der Waals surface area contributed by atoms with Crippen LogP contribution in [0.2, 0.25) is 0 Å². The molecule has 0 bridgehead atoms. The number of nitrogens with zero attached hydrogens (tertiary/aromatic N) is 2. The minimum absolute atomic E-state index is 0.137. The van der Waals surface area contributed by atoms with E-state index in [-0.39, 0.29) is 29.9 Å². The number of piperidine rings is 1. The summed E-state index contributed by atoms with van der Waals surface area (Å²) in [4.78, 5) is 24.9. The number of carbonyl (C=O) groups excluding carboxylic acids is 1. The van der Waals surface area contributed by atoms with Gasteiger partial charge >= 0.3 is 5.97 Å². The molecule has 2 atom stereocenters. The Balaban J connectivity index is 1.96. The van der Waals surface area contributed by atoms with E-state index in [1.165, 1.54) is 0 Å². The summed E-state index contributed by atoms with van der Waals surface area (Å²) in [7, 11) is 0. The highest BCUT2D eigenvalue weighted by molar-refractivity contribution is 5.91. The SMILES string of the molecule is CC[C@@H](C)c1cc(C(=O)N2CCC[C@@H](CCC(=O)O)C2)on1. The van der Waals surface area contributed by atoms with Crippen LogP contribution in [0.5, 0.6) is 0 Å². The summed E-state index contributed by atoms with van der Waals surface area (Å²) >= 11 is 0. The van der Waals surface area contributed by atoms with Gasteiger partial charge in [-0.3, -0.25) is 9.59 Å². The fourth-order valence-electron chi connectivity index (χ4n) is 2.80. The van der Waals surface area contributed by atoms with Crippen LogP contribution < -0.4 is 0 Å². The number of likely N-dealkylation sites (tertiary alicyclic amines) is 1. The third-order valence-corrected chi connectivity index (χ3v) is 4.43. The monoisotopic (exact) mass is 308 g/mol. The van der Waals surface area contributed by atoms with Crippen LogP contribution in [-0.2, 0) is 4.79 Å². The first-order valence-corrected chi connectivity index (χ1v) is 7.99. The number of hydrogen-bond acceptors (Lipinski definition) is 4. The second-order valence-corrected chi connectivity index (χ2v) is 6.12. The van der Waals surface area contributed by atoms with Crippen molar-refractivity contribution in [2.45, 2.75) is 51.9 Å². The molecular formula is C16H24N2O4. The van der Waals surface area contributed by atoms with Crippen LogP contribution in [-0.4, -0.2) is 40.1 Å². The van der Waals surface area contributed by atoms with Crippen LogP contribution in [0.4, 0.5) is 0 Å². The van der Waals surface area contributed by atoms with Gasteiger partial charge in [-0.2, -0.15) is 0 Å². The third kappa shape index (κ3) is 4.08. The molecule has 1 amide bonds. The van der Waals surface area contributed by atoms with E-state index in [0.29, 0.717) is 19.5 Å². The summed E-state index contributed by atoms with van der Waals surface area (Å²) in [5, 5.41) is 12.8. The lowest BCUT2D eigenvalue weighted by molar-refractivity contribution is -0.137. The molecule has 6 heteroatoms. The maximum atomic E-state index is 12.5. The van der Waals surface area contributed by atoms with Crippen LogP contribution in [0.15, 0.2) is 10.6 Å². The van der Waals surface area contributed by atoms with Crippen molar-refractivity contribution in [2.75, 3.05) is 13.1 Å². The number of amides is 1. The average Bonchev–Trinajstić information content (AvgIpc) is 3.01. The van der Waals surface area contributed by atoms with Gasteiger partial charge in [0.15, 0.2) is 0 Å². The summed E-state index contributed by atoms with van der Waals surface area (Å²) < 4.78 is 5.20. The first-order chi connectivity index (χ1) is 10.5. The first kappa shape index (κ1) is 16.5. The van der Waals surface area contributed by atoms with Crippen molar-refractivity contribution in [2.24, 2.45) is 5.92 Å². The molecule has 0 radical (unpaired) electrons. The van der Waals surface area contributed by atoms with E-state index in [2.05, 4.69) is 19.0 Å². The summed E-state index contributed by atoms with van der Waals surface area (Å²) in [5.41, 5.74) is 0.810. The fraction of sp³-hybridized carbons (Fsp3) is 0.688. The van der Waals surface area contributed by atoms with Gasteiger partial charge in [-0.05, 0) is 31.6 Å². The van der Waals surface area contributed by atoms with Crippen molar-refractivity contribution < 1.29 is 19.2 Å². The maximum Gasteiger partial charge on any atom is 0.303 e. The van der Waals surface area contributed by atoms with E-state index in [4.69, 9.17) is 9.63 Å². The highest BCUT2D eigenvalue weighted by atomic mass is 16.5. The number of hydrogen-bond donors (Lipinski definition) is 1. The van der Waals surface area contributed by atoms with Gasteiger partial charge in [0, 0.05) is 31.5 Å². The summed E-state index contributed by atoms with van der Waals surface area (Å²) in [6.07, 6.45) is 3.61. The second kappa shape index (κ2) is 7.42. The van der Waals surface area contributed by atoms with E-state index < -0.39 is 5.97 Å². The number of aliphatic carboxylic acids is 1. The van der Waals surface area contributed by atoms with Crippen molar-refractivity contribution in [3.8, 4) is 0 Å². The standard InChI is InChI=1S/C16H24N2O4/c1-3-11(2)13-9-14(22-17-13)16(21)18-8-4-5-12(10-18)6-7-15(19)20/h9,11-12H,3-8,10H2,1-2H3,(H,19,20)/t11-,12+/m1/s1. The Bertz CT molecular complexity index is 526. The zero-order valence-corrected chi connectivity index (χ0v) is 13.2. The van der Waals surface area contributed by atoms with E-state index in [0.717, 1.165) is 25.0 Å². The van der Waals surface area contributed by atoms with Crippen LogP contribution >= 0.6 is 0 Å². The van der Waals surface area contributed by atoms with Crippen molar-refractivity contribution in [1.82, 2.24) is 10.1 Å². The van der Waals surface area contributed by atoms with Gasteiger partial charge in [-0.15, -0.1) is 0 Å². The molecule has 1 N–H and O–H groups in total. The van der Waals surface area contributed by atoms with Crippen molar-refractivity contribution in [3.63, 3.8) is 0 Å². The zero-order chi connectivity index (χ0) is 16.1. The largest absolute Gasteiger partial charge is 0.481 e. The van der Waals surface area contributed by atoms with E-state index in [1.807, 2.05) is 0 Å². The summed E-state index contributed by atoms with van der Waals surface area (Å²) in [5.74, 6) is -0.103. The molecule has 22 heavy (non-hydrogen) atoms. The zero-order valence-electron chi connectivity index (χ0n) is 13.2. The summed E-state index contributed by atoms with van der Waals surface area (Å²) in [6.45, 7) is 5.42. The Morgan fingerprint density at radius 3 is 3.00 bits per heavy atom. The third-order valence-electron chi connectivity index (χ3n) is 4.43. The fourth-order valence-corrected chi connectivity index (χ4v) is 2.80. The van der Waals surface area contributed by atoms with Gasteiger partial charge in [-0.25, -0.2) is 0 Å². The molecule has 0 saturated carbocycles. The number of carboxylic acids is 1. The molecule has 1 aromatic heterocycles. The Kier molecular flexibility index (Phi) is 5.57. The molecule has 1 fully saturated rings. The molecule has 0 unspecified atom stereocenters. The van der Waals surface area contributed by atoms with Gasteiger partial charge in [0.2, 0.25) is 5.76 Å². The number of rotatable bonds is 6. The van der Waals surface area contributed by atoms with E-state index in [9.17, 15) is 9.59 Å². The molecule has 1 aliphatic rings. The minimum atomic E-state index is -0.781. The van der Waals surface area contributed by atoms with Crippen LogP contribution in [0.1, 0.15) is 68.1 Å². The molecule has 0 aliphatic carbocycles. The molecule has 0 spiro atoms. The lowest BCUT2D eigenvalue weighted by Crippen LogP contribution is -2.39. The number of aromatic nitrogens is 1. The molecule has 1 aliphatic heterocycles.